The summed E-state index contributed by atoms with van der Waals surface area (Å²) in [7, 11) is 0. The van der Waals surface area contributed by atoms with Crippen LogP contribution in [0.2, 0.25) is 0 Å². The zero-order valence-electron chi connectivity index (χ0n) is 9.31. The molecule has 1 aromatic heterocycles. The predicted octanol–water partition coefficient (Wildman–Crippen LogP) is 3.48. The van der Waals surface area contributed by atoms with Crippen molar-refractivity contribution in [3.63, 3.8) is 0 Å². The van der Waals surface area contributed by atoms with Gasteiger partial charge in [0.2, 0.25) is 0 Å². The summed E-state index contributed by atoms with van der Waals surface area (Å²) in [6.45, 7) is 4.18. The summed E-state index contributed by atoms with van der Waals surface area (Å²) in [5.41, 5.74) is 8.73. The molecule has 0 saturated carbocycles. The third kappa shape index (κ3) is 1.85. The van der Waals surface area contributed by atoms with Crippen LogP contribution in [0.25, 0.3) is 11.3 Å². The molecule has 4 heteroatoms. The maximum absolute atomic E-state index is 5.98. The van der Waals surface area contributed by atoms with E-state index in [0.29, 0.717) is 11.7 Å². The topological polar surface area (TPSA) is 43.8 Å². The van der Waals surface area contributed by atoms with Gasteiger partial charge in [0.25, 0.3) is 0 Å². The molecule has 1 heterocycles. The van der Waals surface area contributed by atoms with Gasteiger partial charge < -0.3 is 5.73 Å². The van der Waals surface area contributed by atoms with Crippen molar-refractivity contribution in [3.8, 4) is 11.3 Å². The maximum Gasteiger partial charge on any atom is 0.0926 e. The third-order valence-corrected chi connectivity index (χ3v) is 3.13. The number of anilines is 1. The van der Waals surface area contributed by atoms with Crippen LogP contribution < -0.4 is 5.73 Å². The van der Waals surface area contributed by atoms with E-state index in [1.165, 1.54) is 0 Å². The smallest absolute Gasteiger partial charge is 0.0926 e. The van der Waals surface area contributed by atoms with Crippen molar-refractivity contribution >= 4 is 21.6 Å². The first-order valence-electron chi connectivity index (χ1n) is 5.19. The van der Waals surface area contributed by atoms with E-state index in [1.807, 2.05) is 28.9 Å². The number of halogens is 1. The molecule has 84 valence electrons. The number of aromatic nitrogens is 2. The second kappa shape index (κ2) is 4.29. The lowest BCUT2D eigenvalue weighted by Crippen LogP contribution is -2.05. The molecule has 0 atom stereocenters. The lowest BCUT2D eigenvalue weighted by Gasteiger charge is -2.12. The third-order valence-electron chi connectivity index (χ3n) is 2.44. The first-order chi connectivity index (χ1) is 7.61. The Bertz CT molecular complexity index is 503. The highest BCUT2D eigenvalue weighted by atomic mass is 79.9. The zero-order chi connectivity index (χ0) is 11.7. The minimum atomic E-state index is 0.291. The van der Waals surface area contributed by atoms with Crippen LogP contribution in [0.15, 0.2) is 34.9 Å². The molecule has 0 bridgehead atoms. The van der Waals surface area contributed by atoms with Gasteiger partial charge in [0.15, 0.2) is 0 Å². The Kier molecular flexibility index (Phi) is 3.01. The van der Waals surface area contributed by atoms with Crippen molar-refractivity contribution in [2.75, 3.05) is 5.73 Å². The molecule has 0 aliphatic rings. The number of nitrogens with zero attached hydrogens (tertiary/aromatic N) is 2. The van der Waals surface area contributed by atoms with E-state index < -0.39 is 0 Å². The lowest BCUT2D eigenvalue weighted by atomic mass is 10.1. The van der Waals surface area contributed by atoms with E-state index in [-0.39, 0.29) is 0 Å². The summed E-state index contributed by atoms with van der Waals surface area (Å²) in [6, 6.07) is 8.32. The summed E-state index contributed by atoms with van der Waals surface area (Å²) in [5.74, 6) is 0. The van der Waals surface area contributed by atoms with Crippen molar-refractivity contribution in [3.05, 3.63) is 34.9 Å². The Hall–Kier alpha value is -1.29. The Morgan fingerprint density at radius 2 is 2.00 bits per heavy atom. The first kappa shape index (κ1) is 11.2. The number of hydrogen-bond donors (Lipinski definition) is 1. The number of benzene rings is 1. The van der Waals surface area contributed by atoms with E-state index in [2.05, 4.69) is 34.9 Å². The van der Waals surface area contributed by atoms with Gasteiger partial charge in [0.1, 0.15) is 0 Å². The summed E-state index contributed by atoms with van der Waals surface area (Å²) in [5, 5.41) is 4.30. The van der Waals surface area contributed by atoms with E-state index in [0.717, 1.165) is 15.7 Å². The van der Waals surface area contributed by atoms with Gasteiger partial charge in [-0.1, -0.05) is 34.1 Å². The van der Waals surface area contributed by atoms with Crippen molar-refractivity contribution in [2.45, 2.75) is 19.9 Å². The Balaban J connectivity index is 2.64. The van der Waals surface area contributed by atoms with E-state index in [1.54, 1.807) is 6.20 Å². The normalized spacial score (nSPS) is 11.0. The van der Waals surface area contributed by atoms with Crippen molar-refractivity contribution in [2.24, 2.45) is 0 Å². The molecule has 2 aromatic rings. The molecule has 0 aliphatic carbocycles. The molecule has 16 heavy (non-hydrogen) atoms. The van der Waals surface area contributed by atoms with Gasteiger partial charge in [-0.25, -0.2) is 0 Å². The standard InChI is InChI=1S/C12H14BrN3/c1-8(2)16-12(11(14)7-15-16)9-5-3-4-6-10(9)13/h3-8H,14H2,1-2H3. The fraction of sp³-hybridized carbons (Fsp3) is 0.250. The quantitative estimate of drug-likeness (QED) is 0.915. The van der Waals surface area contributed by atoms with E-state index in [9.17, 15) is 0 Å². The van der Waals surface area contributed by atoms with Crippen molar-refractivity contribution in [1.29, 1.82) is 0 Å². The fourth-order valence-electron chi connectivity index (χ4n) is 1.70. The average molecular weight is 280 g/mol. The Labute approximate surface area is 103 Å². The molecule has 0 spiro atoms. The largest absolute Gasteiger partial charge is 0.396 e. The number of hydrogen-bond acceptors (Lipinski definition) is 2. The van der Waals surface area contributed by atoms with Crippen molar-refractivity contribution < 1.29 is 0 Å². The minimum absolute atomic E-state index is 0.291. The fourth-order valence-corrected chi connectivity index (χ4v) is 2.17. The van der Waals surface area contributed by atoms with Crippen LogP contribution in [0.5, 0.6) is 0 Å². The molecule has 0 aliphatic heterocycles. The second-order valence-electron chi connectivity index (χ2n) is 3.97. The molecule has 0 unspecified atom stereocenters. The van der Waals surface area contributed by atoms with Crippen LogP contribution in [-0.2, 0) is 0 Å². The summed E-state index contributed by atoms with van der Waals surface area (Å²) in [4.78, 5) is 0. The predicted molar refractivity (Wildman–Crippen MR) is 70.2 cm³/mol. The lowest BCUT2D eigenvalue weighted by molar-refractivity contribution is 0.538. The van der Waals surface area contributed by atoms with Crippen LogP contribution >= 0.6 is 15.9 Å². The van der Waals surface area contributed by atoms with E-state index >= 15 is 0 Å². The number of nitrogen functional groups attached to an aromatic ring is 1. The molecule has 1 aromatic carbocycles. The molecular weight excluding hydrogens is 266 g/mol. The Morgan fingerprint density at radius 1 is 1.31 bits per heavy atom. The maximum atomic E-state index is 5.98. The number of rotatable bonds is 2. The van der Waals surface area contributed by atoms with Gasteiger partial charge in [-0.3, -0.25) is 4.68 Å². The van der Waals surface area contributed by atoms with Crippen LogP contribution in [0.3, 0.4) is 0 Å². The van der Waals surface area contributed by atoms with Gasteiger partial charge in [0.05, 0.1) is 17.6 Å². The van der Waals surface area contributed by atoms with Crippen LogP contribution in [-0.4, -0.2) is 9.78 Å². The SMILES string of the molecule is CC(C)n1ncc(N)c1-c1ccccc1Br. The highest BCUT2D eigenvalue weighted by Gasteiger charge is 2.14. The number of nitrogens with two attached hydrogens (primary N) is 1. The monoisotopic (exact) mass is 279 g/mol. The summed E-state index contributed by atoms with van der Waals surface area (Å²) >= 11 is 3.54. The highest BCUT2D eigenvalue weighted by molar-refractivity contribution is 9.10. The van der Waals surface area contributed by atoms with Gasteiger partial charge in [0, 0.05) is 16.1 Å². The molecule has 3 nitrogen and oxygen atoms in total. The zero-order valence-corrected chi connectivity index (χ0v) is 10.9. The van der Waals surface area contributed by atoms with Gasteiger partial charge >= 0.3 is 0 Å². The van der Waals surface area contributed by atoms with Gasteiger partial charge in [-0.15, -0.1) is 0 Å². The van der Waals surface area contributed by atoms with Crippen LogP contribution in [0, 0.1) is 0 Å². The van der Waals surface area contributed by atoms with Gasteiger partial charge in [-0.2, -0.15) is 5.10 Å². The van der Waals surface area contributed by atoms with Crippen LogP contribution in [0.4, 0.5) is 5.69 Å². The Morgan fingerprint density at radius 3 is 2.62 bits per heavy atom. The first-order valence-corrected chi connectivity index (χ1v) is 5.98. The molecule has 0 amide bonds. The highest BCUT2D eigenvalue weighted by Crippen LogP contribution is 2.33. The molecule has 2 rings (SSSR count). The second-order valence-corrected chi connectivity index (χ2v) is 4.82. The molecule has 2 N–H and O–H groups in total. The van der Waals surface area contributed by atoms with E-state index in [4.69, 9.17) is 5.73 Å². The van der Waals surface area contributed by atoms with Crippen molar-refractivity contribution in [1.82, 2.24) is 9.78 Å². The molecular formula is C12H14BrN3. The molecule has 0 saturated heterocycles. The molecule has 0 radical (unpaired) electrons. The molecule has 0 fully saturated rings. The summed E-state index contributed by atoms with van der Waals surface area (Å²) < 4.78 is 2.97. The summed E-state index contributed by atoms with van der Waals surface area (Å²) in [6.07, 6.45) is 1.70. The average Bonchev–Trinajstić information content (AvgIpc) is 2.61. The van der Waals surface area contributed by atoms with Gasteiger partial charge in [-0.05, 0) is 19.9 Å². The minimum Gasteiger partial charge on any atom is -0.396 e. The van der Waals surface area contributed by atoms with Crippen LogP contribution in [0.1, 0.15) is 19.9 Å².